The van der Waals surface area contributed by atoms with E-state index in [1.54, 1.807) is 18.3 Å². The van der Waals surface area contributed by atoms with Gasteiger partial charge in [-0.2, -0.15) is 0 Å². The maximum atomic E-state index is 12.4. The number of halogens is 1. The first-order valence-electron chi connectivity index (χ1n) is 9.72. The van der Waals surface area contributed by atoms with E-state index in [1.165, 1.54) is 23.5 Å². The van der Waals surface area contributed by atoms with Gasteiger partial charge in [-0.1, -0.05) is 35.9 Å². The number of fused-ring (bicyclic) bond motifs is 1. The molecule has 0 aliphatic carbocycles. The quantitative estimate of drug-likeness (QED) is 0.326. The van der Waals surface area contributed by atoms with Gasteiger partial charge in [-0.3, -0.25) is 9.78 Å². The van der Waals surface area contributed by atoms with Crippen molar-refractivity contribution in [3.05, 3.63) is 88.1 Å². The number of aryl methyl sites for hydroxylation is 1. The Labute approximate surface area is 198 Å². The molecule has 0 bridgehead atoms. The number of hydrogen-bond acceptors (Lipinski definition) is 6. The topological polar surface area (TPSA) is 67.5 Å². The van der Waals surface area contributed by atoms with E-state index in [9.17, 15) is 4.79 Å². The molecular weight excluding hydrogens is 462 g/mol. The van der Waals surface area contributed by atoms with Crippen LogP contribution in [0, 0.1) is 6.92 Å². The highest BCUT2D eigenvalue weighted by molar-refractivity contribution is 8.18. The summed E-state index contributed by atoms with van der Waals surface area (Å²) < 4.78 is 5.94. The molecule has 5 rings (SSSR count). The standard InChI is InChI=1S/C24H16ClN3O2S2/c1-14-7-8-16(12-18(14)25)27-24-28-23(29)20(32-24)13-17-9-10-21(30-17)31-19-6-2-4-15-5-3-11-26-22(15)19/h2-13H,1H3,(H,27,28,29)/b20-13-. The van der Waals surface area contributed by atoms with Crippen molar-refractivity contribution in [3.63, 3.8) is 0 Å². The normalized spacial score (nSPS) is 16.2. The van der Waals surface area contributed by atoms with Gasteiger partial charge < -0.3 is 9.73 Å². The smallest absolute Gasteiger partial charge is 0.264 e. The highest BCUT2D eigenvalue weighted by atomic mass is 35.5. The first-order chi connectivity index (χ1) is 15.5. The number of thioether (sulfide) groups is 1. The molecule has 1 aliphatic rings. The Morgan fingerprint density at radius 2 is 2.03 bits per heavy atom. The molecule has 0 saturated carbocycles. The summed E-state index contributed by atoms with van der Waals surface area (Å²) in [7, 11) is 0. The van der Waals surface area contributed by atoms with E-state index >= 15 is 0 Å². The number of para-hydroxylation sites is 1. The van der Waals surface area contributed by atoms with Crippen LogP contribution >= 0.6 is 35.1 Å². The number of amidine groups is 1. The Morgan fingerprint density at radius 1 is 1.16 bits per heavy atom. The Kier molecular flexibility index (Phi) is 5.78. The van der Waals surface area contributed by atoms with Crippen molar-refractivity contribution in [1.29, 1.82) is 0 Å². The first-order valence-corrected chi connectivity index (χ1v) is 11.7. The van der Waals surface area contributed by atoms with E-state index in [0.29, 0.717) is 26.5 Å². The molecule has 0 radical (unpaired) electrons. The van der Waals surface area contributed by atoms with Gasteiger partial charge in [0.2, 0.25) is 0 Å². The minimum atomic E-state index is -0.212. The van der Waals surface area contributed by atoms with Crippen molar-refractivity contribution in [2.45, 2.75) is 16.9 Å². The predicted octanol–water partition coefficient (Wildman–Crippen LogP) is 6.83. The molecule has 1 saturated heterocycles. The number of carbonyl (C=O) groups is 1. The number of pyridine rings is 1. The molecular formula is C24H16ClN3O2S2. The van der Waals surface area contributed by atoms with E-state index in [2.05, 4.69) is 15.3 Å². The van der Waals surface area contributed by atoms with Crippen molar-refractivity contribution in [2.24, 2.45) is 4.99 Å². The van der Waals surface area contributed by atoms with Gasteiger partial charge in [-0.15, -0.1) is 0 Å². The average molecular weight is 478 g/mol. The number of amides is 1. The van der Waals surface area contributed by atoms with Crippen LogP contribution in [0.3, 0.4) is 0 Å². The van der Waals surface area contributed by atoms with Gasteiger partial charge in [0.1, 0.15) is 5.76 Å². The van der Waals surface area contributed by atoms with Gasteiger partial charge in [0.25, 0.3) is 5.91 Å². The lowest BCUT2D eigenvalue weighted by Gasteiger charge is -2.02. The molecule has 1 N–H and O–H groups in total. The molecule has 0 unspecified atom stereocenters. The molecule has 2 aromatic heterocycles. The van der Waals surface area contributed by atoms with Gasteiger partial charge in [0.15, 0.2) is 10.3 Å². The van der Waals surface area contributed by atoms with Crippen LogP contribution in [-0.4, -0.2) is 16.1 Å². The van der Waals surface area contributed by atoms with Crippen LogP contribution in [0.15, 0.2) is 91.2 Å². The summed E-state index contributed by atoms with van der Waals surface area (Å²) in [6.07, 6.45) is 3.50. The van der Waals surface area contributed by atoms with Crippen LogP contribution in [0.25, 0.3) is 17.0 Å². The molecule has 1 fully saturated rings. The van der Waals surface area contributed by atoms with Gasteiger partial charge >= 0.3 is 0 Å². The van der Waals surface area contributed by atoms with Crippen LogP contribution < -0.4 is 5.32 Å². The summed E-state index contributed by atoms with van der Waals surface area (Å²) in [4.78, 5) is 22.9. The maximum absolute atomic E-state index is 12.4. The van der Waals surface area contributed by atoms with E-state index in [0.717, 1.165) is 26.5 Å². The minimum absolute atomic E-state index is 0.212. The van der Waals surface area contributed by atoms with Crippen LogP contribution in [0.5, 0.6) is 0 Å². The third kappa shape index (κ3) is 4.46. The number of hydrogen-bond donors (Lipinski definition) is 1. The zero-order valence-electron chi connectivity index (χ0n) is 16.8. The molecule has 0 spiro atoms. The number of rotatable bonds is 4. The van der Waals surface area contributed by atoms with Gasteiger partial charge in [0.05, 0.1) is 16.1 Å². The van der Waals surface area contributed by atoms with Gasteiger partial charge in [-0.25, -0.2) is 4.99 Å². The Hall–Kier alpha value is -3.00. The first kappa shape index (κ1) is 20.9. The Balaban J connectivity index is 1.34. The van der Waals surface area contributed by atoms with Crippen molar-refractivity contribution in [2.75, 3.05) is 0 Å². The summed E-state index contributed by atoms with van der Waals surface area (Å²) in [5.74, 6) is 0.383. The van der Waals surface area contributed by atoms with Crippen molar-refractivity contribution in [3.8, 4) is 0 Å². The second kappa shape index (κ2) is 8.86. The molecule has 0 atom stereocenters. The maximum Gasteiger partial charge on any atom is 0.264 e. The Bertz CT molecular complexity index is 1410. The third-order valence-corrected chi connectivity index (χ3v) is 7.01. The molecule has 158 valence electrons. The fourth-order valence-corrected chi connectivity index (χ4v) is 5.01. The SMILES string of the molecule is Cc1ccc(N=C2NC(=O)/C(=C/c3ccc(Sc4cccc5cccnc45)o3)S2)cc1Cl. The minimum Gasteiger partial charge on any atom is -0.450 e. The van der Waals surface area contributed by atoms with Gasteiger partial charge in [-0.05, 0) is 72.4 Å². The van der Waals surface area contributed by atoms with E-state index in [4.69, 9.17) is 16.0 Å². The summed E-state index contributed by atoms with van der Waals surface area (Å²) >= 11 is 8.93. The molecule has 2 aromatic carbocycles. The lowest BCUT2D eigenvalue weighted by Crippen LogP contribution is -2.19. The number of aromatic nitrogens is 1. The summed E-state index contributed by atoms with van der Waals surface area (Å²) in [5.41, 5.74) is 2.59. The lowest BCUT2D eigenvalue weighted by atomic mass is 10.2. The van der Waals surface area contributed by atoms with Crippen LogP contribution in [0.2, 0.25) is 5.02 Å². The predicted molar refractivity (Wildman–Crippen MR) is 132 cm³/mol. The van der Waals surface area contributed by atoms with E-state index < -0.39 is 0 Å². The van der Waals surface area contributed by atoms with Crippen LogP contribution in [0.4, 0.5) is 5.69 Å². The zero-order valence-corrected chi connectivity index (χ0v) is 19.2. The van der Waals surface area contributed by atoms with Crippen LogP contribution in [-0.2, 0) is 4.79 Å². The average Bonchev–Trinajstić information content (AvgIpc) is 3.37. The summed E-state index contributed by atoms with van der Waals surface area (Å²) in [5, 5.41) is 5.72. The monoisotopic (exact) mass is 477 g/mol. The molecule has 4 aromatic rings. The van der Waals surface area contributed by atoms with Crippen molar-refractivity contribution < 1.29 is 9.21 Å². The number of benzene rings is 2. The summed E-state index contributed by atoms with van der Waals surface area (Å²) in [6.45, 7) is 1.93. The fourth-order valence-electron chi connectivity index (χ4n) is 3.11. The van der Waals surface area contributed by atoms with E-state index in [1.807, 2.05) is 61.5 Å². The lowest BCUT2D eigenvalue weighted by molar-refractivity contribution is -0.115. The molecule has 1 aliphatic heterocycles. The summed E-state index contributed by atoms with van der Waals surface area (Å²) in [6, 6.07) is 19.3. The molecule has 3 heterocycles. The second-order valence-corrected chi connectivity index (χ2v) is 9.49. The molecule has 8 heteroatoms. The Morgan fingerprint density at radius 3 is 2.91 bits per heavy atom. The van der Waals surface area contributed by atoms with Crippen LogP contribution in [0.1, 0.15) is 11.3 Å². The molecule has 1 amide bonds. The fraction of sp³-hybridized carbons (Fsp3) is 0.0417. The third-order valence-electron chi connectivity index (χ3n) is 4.72. The number of carbonyl (C=O) groups excluding carboxylic acids is 1. The largest absolute Gasteiger partial charge is 0.450 e. The number of aliphatic imine (C=N–C) groups is 1. The number of nitrogens with one attached hydrogen (secondary N) is 1. The number of nitrogens with zero attached hydrogens (tertiary/aromatic N) is 2. The van der Waals surface area contributed by atoms with Crippen molar-refractivity contribution >= 4 is 68.9 Å². The highest BCUT2D eigenvalue weighted by Crippen LogP contribution is 2.35. The number of furan rings is 1. The zero-order chi connectivity index (χ0) is 22.1. The van der Waals surface area contributed by atoms with Gasteiger partial charge in [0, 0.05) is 27.6 Å². The van der Waals surface area contributed by atoms with E-state index in [-0.39, 0.29) is 5.91 Å². The second-order valence-electron chi connectivity index (χ2n) is 7.01. The highest BCUT2D eigenvalue weighted by Gasteiger charge is 2.24. The molecule has 5 nitrogen and oxygen atoms in total. The van der Waals surface area contributed by atoms with Crippen molar-refractivity contribution in [1.82, 2.24) is 10.3 Å². The molecule has 32 heavy (non-hydrogen) atoms.